The number of benzene rings is 1. The Balaban J connectivity index is 2.01. The Morgan fingerprint density at radius 3 is 2.65 bits per heavy atom. The first-order chi connectivity index (χ1) is 9.35. The van der Waals surface area contributed by atoms with Crippen molar-refractivity contribution in [2.24, 2.45) is 0 Å². The van der Waals surface area contributed by atoms with Gasteiger partial charge in [0.2, 0.25) is 10.0 Å². The highest BCUT2D eigenvalue weighted by Gasteiger charge is 2.31. The van der Waals surface area contributed by atoms with Crippen LogP contribution in [0.3, 0.4) is 0 Å². The molecule has 0 unspecified atom stereocenters. The Bertz CT molecular complexity index is 547. The lowest BCUT2D eigenvalue weighted by Gasteiger charge is -2.24. The molecule has 1 aromatic carbocycles. The molecule has 2 rings (SSSR count). The zero-order valence-electron chi connectivity index (χ0n) is 11.3. The first-order valence-electron chi connectivity index (χ1n) is 6.47. The third kappa shape index (κ3) is 4.24. The van der Waals surface area contributed by atoms with Crippen LogP contribution < -0.4 is 4.72 Å². The molecule has 0 aromatic heterocycles. The smallest absolute Gasteiger partial charge is 0.208 e. The van der Waals surface area contributed by atoms with Gasteiger partial charge >= 0.3 is 0 Å². The van der Waals surface area contributed by atoms with Gasteiger partial charge in [0.1, 0.15) is 5.82 Å². The van der Waals surface area contributed by atoms with Crippen molar-refractivity contribution in [2.75, 3.05) is 25.9 Å². The van der Waals surface area contributed by atoms with E-state index in [9.17, 15) is 17.9 Å². The summed E-state index contributed by atoms with van der Waals surface area (Å²) in [6.45, 7) is 1.29. The maximum Gasteiger partial charge on any atom is 0.208 e. The summed E-state index contributed by atoms with van der Waals surface area (Å²) in [5.41, 5.74) is 0.933. The van der Waals surface area contributed by atoms with E-state index < -0.39 is 16.1 Å². The molecule has 0 spiro atoms. The number of nitrogens with one attached hydrogen (secondary N) is 1. The fourth-order valence-electron chi connectivity index (χ4n) is 2.53. The summed E-state index contributed by atoms with van der Waals surface area (Å²) in [6.07, 6.45) is 1.25. The summed E-state index contributed by atoms with van der Waals surface area (Å²) in [5, 5.41) is 9.79. The van der Waals surface area contributed by atoms with Crippen molar-refractivity contribution in [3.63, 3.8) is 0 Å². The lowest BCUT2D eigenvalue weighted by atomic mass is 10.0. The molecule has 0 saturated carbocycles. The molecule has 0 aliphatic carbocycles. The quantitative estimate of drug-likeness (QED) is 0.830. The van der Waals surface area contributed by atoms with E-state index in [4.69, 9.17) is 0 Å². The molecule has 0 bridgehead atoms. The molecule has 0 amide bonds. The molecule has 20 heavy (non-hydrogen) atoms. The van der Waals surface area contributed by atoms with Crippen LogP contribution in [0, 0.1) is 5.82 Å². The van der Waals surface area contributed by atoms with Crippen molar-refractivity contribution in [3.05, 3.63) is 35.6 Å². The minimum absolute atomic E-state index is 0.00744. The Kier molecular flexibility index (Phi) is 4.74. The molecule has 1 aliphatic rings. The van der Waals surface area contributed by atoms with Crippen LogP contribution in [-0.4, -0.2) is 50.4 Å². The number of rotatable bonds is 5. The number of hydrogen-bond donors (Lipinski definition) is 2. The average Bonchev–Trinajstić information content (AvgIpc) is 2.70. The number of β-amino-alcohol motifs (C(OH)–C–C–N with tert-alkyl or cyclic N) is 1. The molecule has 1 fully saturated rings. The van der Waals surface area contributed by atoms with Crippen molar-refractivity contribution in [1.29, 1.82) is 0 Å². The van der Waals surface area contributed by atoms with Gasteiger partial charge in [-0.1, -0.05) is 12.1 Å². The molecular formula is C13H19FN2O3S. The first-order valence-corrected chi connectivity index (χ1v) is 8.36. The molecule has 1 heterocycles. The molecule has 112 valence electrons. The van der Waals surface area contributed by atoms with E-state index in [0.717, 1.165) is 11.8 Å². The van der Waals surface area contributed by atoms with Gasteiger partial charge in [-0.05, 0) is 24.1 Å². The molecular weight excluding hydrogens is 283 g/mol. The summed E-state index contributed by atoms with van der Waals surface area (Å²) in [4.78, 5) is 2.01. The highest BCUT2D eigenvalue weighted by Crippen LogP contribution is 2.31. The van der Waals surface area contributed by atoms with Gasteiger partial charge in [0, 0.05) is 25.7 Å². The number of likely N-dealkylation sites (tertiary alicyclic amines) is 1. The highest BCUT2D eigenvalue weighted by atomic mass is 32.2. The maximum absolute atomic E-state index is 12.9. The van der Waals surface area contributed by atoms with Crippen LogP contribution in [0.2, 0.25) is 0 Å². The predicted octanol–water partition coefficient (Wildman–Crippen LogP) is 0.483. The summed E-state index contributed by atoms with van der Waals surface area (Å²) in [5.74, 6) is -0.294. The SMILES string of the molecule is CS(=O)(=O)NCCN1C[C@@H](O)C[C@H]1c1ccc(F)cc1. The minimum atomic E-state index is -3.21. The third-order valence-corrected chi connectivity index (χ3v) is 4.13. The van der Waals surface area contributed by atoms with Gasteiger partial charge in [-0.15, -0.1) is 0 Å². The van der Waals surface area contributed by atoms with E-state index in [0.29, 0.717) is 26.1 Å². The van der Waals surface area contributed by atoms with Crippen LogP contribution >= 0.6 is 0 Å². The fraction of sp³-hybridized carbons (Fsp3) is 0.538. The molecule has 2 atom stereocenters. The number of nitrogens with zero attached hydrogens (tertiary/aromatic N) is 1. The second kappa shape index (κ2) is 6.17. The summed E-state index contributed by atoms with van der Waals surface area (Å²) in [6, 6.07) is 6.19. The van der Waals surface area contributed by atoms with Crippen molar-refractivity contribution in [3.8, 4) is 0 Å². The van der Waals surface area contributed by atoms with E-state index in [2.05, 4.69) is 4.72 Å². The van der Waals surface area contributed by atoms with Crippen molar-refractivity contribution < 1.29 is 17.9 Å². The van der Waals surface area contributed by atoms with Gasteiger partial charge in [-0.3, -0.25) is 4.90 Å². The van der Waals surface area contributed by atoms with Gasteiger partial charge in [0.25, 0.3) is 0 Å². The zero-order valence-corrected chi connectivity index (χ0v) is 12.1. The minimum Gasteiger partial charge on any atom is -0.392 e. The van der Waals surface area contributed by atoms with E-state index in [1.165, 1.54) is 12.1 Å². The lowest BCUT2D eigenvalue weighted by Crippen LogP contribution is -2.34. The summed E-state index contributed by atoms with van der Waals surface area (Å²) < 4.78 is 37.5. The maximum atomic E-state index is 12.9. The molecule has 5 nitrogen and oxygen atoms in total. The van der Waals surface area contributed by atoms with Crippen LogP contribution in [0.1, 0.15) is 18.0 Å². The fourth-order valence-corrected chi connectivity index (χ4v) is 2.99. The number of sulfonamides is 1. The van der Waals surface area contributed by atoms with E-state index in [1.54, 1.807) is 12.1 Å². The van der Waals surface area contributed by atoms with E-state index >= 15 is 0 Å². The third-order valence-electron chi connectivity index (χ3n) is 3.40. The number of aliphatic hydroxyl groups excluding tert-OH is 1. The molecule has 1 aliphatic heterocycles. The molecule has 7 heteroatoms. The topological polar surface area (TPSA) is 69.6 Å². The number of hydrogen-bond acceptors (Lipinski definition) is 4. The van der Waals surface area contributed by atoms with Gasteiger partial charge < -0.3 is 5.11 Å². The Morgan fingerprint density at radius 2 is 2.05 bits per heavy atom. The summed E-state index contributed by atoms with van der Waals surface area (Å²) >= 11 is 0. The predicted molar refractivity (Wildman–Crippen MR) is 74.2 cm³/mol. The largest absolute Gasteiger partial charge is 0.392 e. The number of halogens is 1. The second-order valence-electron chi connectivity index (χ2n) is 5.12. The normalized spacial score (nSPS) is 24.1. The summed E-state index contributed by atoms with van der Waals surface area (Å²) in [7, 11) is -3.21. The van der Waals surface area contributed by atoms with E-state index in [1.807, 2.05) is 4.90 Å². The Hall–Kier alpha value is -1.02. The van der Waals surface area contributed by atoms with Crippen molar-refractivity contribution in [2.45, 2.75) is 18.6 Å². The Morgan fingerprint density at radius 1 is 1.40 bits per heavy atom. The van der Waals surface area contributed by atoms with Crippen LogP contribution in [0.25, 0.3) is 0 Å². The van der Waals surface area contributed by atoms with Crippen LogP contribution in [0.5, 0.6) is 0 Å². The second-order valence-corrected chi connectivity index (χ2v) is 6.95. The lowest BCUT2D eigenvalue weighted by molar-refractivity contribution is 0.176. The molecule has 2 N–H and O–H groups in total. The van der Waals surface area contributed by atoms with Gasteiger partial charge in [0.05, 0.1) is 12.4 Å². The average molecular weight is 302 g/mol. The van der Waals surface area contributed by atoms with Crippen LogP contribution in [0.4, 0.5) is 4.39 Å². The van der Waals surface area contributed by atoms with Crippen molar-refractivity contribution >= 4 is 10.0 Å². The standard InChI is InChI=1S/C13H19FN2O3S/c1-20(18,19)15-6-7-16-9-12(17)8-13(16)10-2-4-11(14)5-3-10/h2-5,12-13,15,17H,6-9H2,1H3/t12-,13-/m0/s1. The van der Waals surface area contributed by atoms with Crippen molar-refractivity contribution in [1.82, 2.24) is 9.62 Å². The van der Waals surface area contributed by atoms with Gasteiger partial charge in [0.15, 0.2) is 0 Å². The molecule has 1 aromatic rings. The highest BCUT2D eigenvalue weighted by molar-refractivity contribution is 7.88. The first kappa shape index (κ1) is 15.4. The monoisotopic (exact) mass is 302 g/mol. The van der Waals surface area contributed by atoms with E-state index in [-0.39, 0.29) is 11.9 Å². The van der Waals surface area contributed by atoms with Crippen LogP contribution in [-0.2, 0) is 10.0 Å². The van der Waals surface area contributed by atoms with Gasteiger partial charge in [-0.25, -0.2) is 17.5 Å². The molecule has 0 radical (unpaired) electrons. The number of aliphatic hydroxyl groups is 1. The zero-order chi connectivity index (χ0) is 14.8. The Labute approximate surface area is 118 Å². The van der Waals surface area contributed by atoms with Gasteiger partial charge in [-0.2, -0.15) is 0 Å². The van der Waals surface area contributed by atoms with Crippen LogP contribution in [0.15, 0.2) is 24.3 Å². The molecule has 1 saturated heterocycles.